The van der Waals surface area contributed by atoms with Gasteiger partial charge in [-0.05, 0) is 37.0 Å². The fraction of sp³-hybridized carbons (Fsp3) is 0.500. The minimum absolute atomic E-state index is 0.0393. The number of aromatic hydroxyl groups is 1. The Hall–Kier alpha value is -1.51. The zero-order chi connectivity index (χ0) is 12.4. The number of ketones is 1. The topological polar surface area (TPSA) is 46.5 Å². The van der Waals surface area contributed by atoms with E-state index in [4.69, 9.17) is 4.74 Å². The fourth-order valence-electron chi connectivity index (χ4n) is 1.63. The Labute approximate surface area is 101 Å². The number of hydrogen-bond donors (Lipinski definition) is 1. The molecule has 1 aromatic carbocycles. The summed E-state index contributed by atoms with van der Waals surface area (Å²) >= 11 is 0. The van der Waals surface area contributed by atoms with Gasteiger partial charge in [-0.25, -0.2) is 0 Å². The summed E-state index contributed by atoms with van der Waals surface area (Å²) in [7, 11) is 0. The normalized spacial score (nSPS) is 15.0. The van der Waals surface area contributed by atoms with Crippen molar-refractivity contribution in [3.63, 3.8) is 0 Å². The molecule has 0 heterocycles. The summed E-state index contributed by atoms with van der Waals surface area (Å²) in [5.41, 5.74) is 0.397. The summed E-state index contributed by atoms with van der Waals surface area (Å²) in [5.74, 6) is 1.30. The fourth-order valence-corrected chi connectivity index (χ4v) is 1.63. The van der Waals surface area contributed by atoms with Crippen LogP contribution in [-0.2, 0) is 0 Å². The molecule has 1 aliphatic carbocycles. The molecular weight excluding hydrogens is 216 g/mol. The third-order valence-electron chi connectivity index (χ3n) is 2.76. The highest BCUT2D eigenvalue weighted by atomic mass is 16.5. The predicted octanol–water partition coefficient (Wildman–Crippen LogP) is 3.02. The van der Waals surface area contributed by atoms with Gasteiger partial charge in [-0.2, -0.15) is 0 Å². The van der Waals surface area contributed by atoms with E-state index in [9.17, 15) is 9.90 Å². The molecule has 1 saturated carbocycles. The van der Waals surface area contributed by atoms with Crippen molar-refractivity contribution in [1.29, 1.82) is 0 Å². The van der Waals surface area contributed by atoms with E-state index in [1.807, 2.05) is 0 Å². The molecule has 17 heavy (non-hydrogen) atoms. The van der Waals surface area contributed by atoms with Gasteiger partial charge < -0.3 is 9.84 Å². The van der Waals surface area contributed by atoms with E-state index in [0.717, 1.165) is 12.8 Å². The van der Waals surface area contributed by atoms with Crippen LogP contribution in [0, 0.1) is 11.8 Å². The average molecular weight is 234 g/mol. The number of phenols is 1. The minimum Gasteiger partial charge on any atom is -0.507 e. The molecular formula is C14H18O3. The highest BCUT2D eigenvalue weighted by Gasteiger charge is 2.32. The molecule has 0 unspecified atom stereocenters. The first-order valence-electron chi connectivity index (χ1n) is 6.08. The predicted molar refractivity (Wildman–Crippen MR) is 65.5 cm³/mol. The maximum Gasteiger partial charge on any atom is 0.169 e. The molecule has 1 fully saturated rings. The molecule has 92 valence electrons. The SMILES string of the molecule is CC(C)COc1ccc(O)c(C(=O)C2CC2)c1. The van der Waals surface area contributed by atoms with Crippen LogP contribution in [0.4, 0.5) is 0 Å². The number of benzene rings is 1. The van der Waals surface area contributed by atoms with Crippen LogP contribution in [-0.4, -0.2) is 17.5 Å². The average Bonchev–Trinajstić information content (AvgIpc) is 3.10. The Bertz CT molecular complexity index is 419. The van der Waals surface area contributed by atoms with Crippen LogP contribution in [0.1, 0.15) is 37.0 Å². The molecule has 1 aromatic rings. The molecule has 0 spiro atoms. The standard InChI is InChI=1S/C14H18O3/c1-9(2)8-17-11-5-6-13(15)12(7-11)14(16)10-3-4-10/h5-7,9-10,15H,3-4,8H2,1-2H3. The summed E-state index contributed by atoms with van der Waals surface area (Å²) in [6.07, 6.45) is 1.88. The largest absolute Gasteiger partial charge is 0.507 e. The van der Waals surface area contributed by atoms with Gasteiger partial charge in [0, 0.05) is 5.92 Å². The van der Waals surface area contributed by atoms with Crippen molar-refractivity contribution in [2.75, 3.05) is 6.61 Å². The van der Waals surface area contributed by atoms with Gasteiger partial charge in [0.1, 0.15) is 11.5 Å². The van der Waals surface area contributed by atoms with Crippen molar-refractivity contribution in [3.8, 4) is 11.5 Å². The van der Waals surface area contributed by atoms with Crippen molar-refractivity contribution >= 4 is 5.78 Å². The monoisotopic (exact) mass is 234 g/mol. The van der Waals surface area contributed by atoms with Gasteiger partial charge in [0.05, 0.1) is 12.2 Å². The van der Waals surface area contributed by atoms with Crippen molar-refractivity contribution in [1.82, 2.24) is 0 Å². The number of carbonyl (C=O) groups excluding carboxylic acids is 1. The van der Waals surface area contributed by atoms with Gasteiger partial charge in [-0.3, -0.25) is 4.79 Å². The van der Waals surface area contributed by atoms with E-state index in [2.05, 4.69) is 13.8 Å². The quantitative estimate of drug-likeness (QED) is 0.796. The van der Waals surface area contributed by atoms with Crippen LogP contribution >= 0.6 is 0 Å². The van der Waals surface area contributed by atoms with Crippen LogP contribution in [0.25, 0.3) is 0 Å². The van der Waals surface area contributed by atoms with E-state index in [1.165, 1.54) is 6.07 Å². The first kappa shape index (κ1) is 12.0. The smallest absolute Gasteiger partial charge is 0.169 e. The zero-order valence-electron chi connectivity index (χ0n) is 10.3. The number of phenolic OH excluding ortho intramolecular Hbond substituents is 1. The summed E-state index contributed by atoms with van der Waals surface area (Å²) < 4.78 is 5.55. The summed E-state index contributed by atoms with van der Waals surface area (Å²) in [5, 5.41) is 9.68. The van der Waals surface area contributed by atoms with Crippen molar-refractivity contribution < 1.29 is 14.6 Å². The van der Waals surface area contributed by atoms with Crippen LogP contribution in [0.15, 0.2) is 18.2 Å². The number of hydrogen-bond acceptors (Lipinski definition) is 3. The maximum atomic E-state index is 11.9. The molecule has 0 aliphatic heterocycles. The molecule has 0 saturated heterocycles. The molecule has 0 aromatic heterocycles. The van der Waals surface area contributed by atoms with Crippen LogP contribution in [0.5, 0.6) is 11.5 Å². The number of carbonyl (C=O) groups is 1. The van der Waals surface area contributed by atoms with E-state index >= 15 is 0 Å². The zero-order valence-corrected chi connectivity index (χ0v) is 10.3. The second kappa shape index (κ2) is 4.78. The molecule has 2 rings (SSSR count). The number of ether oxygens (including phenoxy) is 1. The van der Waals surface area contributed by atoms with E-state index in [1.54, 1.807) is 12.1 Å². The molecule has 0 radical (unpaired) electrons. The molecule has 3 heteroatoms. The molecule has 1 N–H and O–H groups in total. The Balaban J connectivity index is 2.14. The first-order chi connectivity index (χ1) is 8.08. The second-order valence-electron chi connectivity index (χ2n) is 5.02. The Morgan fingerprint density at radius 3 is 2.76 bits per heavy atom. The minimum atomic E-state index is 0.0393. The van der Waals surface area contributed by atoms with Crippen molar-refractivity contribution in [3.05, 3.63) is 23.8 Å². The lowest BCUT2D eigenvalue weighted by molar-refractivity contribution is 0.0964. The molecule has 0 amide bonds. The molecule has 0 atom stereocenters. The number of Topliss-reactive ketones (excluding diaryl/α,β-unsaturated/α-hetero) is 1. The Kier molecular flexibility index (Phi) is 3.36. The Morgan fingerprint density at radius 1 is 1.47 bits per heavy atom. The van der Waals surface area contributed by atoms with Crippen molar-refractivity contribution in [2.24, 2.45) is 11.8 Å². The maximum absolute atomic E-state index is 11.9. The van der Waals surface area contributed by atoms with Crippen molar-refractivity contribution in [2.45, 2.75) is 26.7 Å². The molecule has 0 bridgehead atoms. The van der Waals surface area contributed by atoms with Gasteiger partial charge in [0.2, 0.25) is 0 Å². The first-order valence-corrected chi connectivity index (χ1v) is 6.08. The van der Waals surface area contributed by atoms with Crippen LogP contribution in [0.3, 0.4) is 0 Å². The summed E-state index contributed by atoms with van der Waals surface area (Å²) in [4.78, 5) is 11.9. The summed E-state index contributed by atoms with van der Waals surface area (Å²) in [6.45, 7) is 4.75. The van der Waals surface area contributed by atoms with Gasteiger partial charge in [0.15, 0.2) is 5.78 Å². The highest BCUT2D eigenvalue weighted by molar-refractivity contribution is 6.01. The third kappa shape index (κ3) is 2.99. The van der Waals surface area contributed by atoms with Crippen LogP contribution < -0.4 is 4.74 Å². The van der Waals surface area contributed by atoms with Gasteiger partial charge in [0.25, 0.3) is 0 Å². The van der Waals surface area contributed by atoms with E-state index < -0.39 is 0 Å². The molecule has 1 aliphatic rings. The van der Waals surface area contributed by atoms with Crippen LogP contribution in [0.2, 0.25) is 0 Å². The third-order valence-corrected chi connectivity index (χ3v) is 2.76. The van der Waals surface area contributed by atoms with E-state index in [0.29, 0.717) is 23.8 Å². The lowest BCUT2D eigenvalue weighted by atomic mass is 10.1. The van der Waals surface area contributed by atoms with Gasteiger partial charge in [-0.15, -0.1) is 0 Å². The van der Waals surface area contributed by atoms with Gasteiger partial charge >= 0.3 is 0 Å². The lowest BCUT2D eigenvalue weighted by Gasteiger charge is -2.10. The lowest BCUT2D eigenvalue weighted by Crippen LogP contribution is -2.06. The number of rotatable bonds is 5. The van der Waals surface area contributed by atoms with E-state index in [-0.39, 0.29) is 17.5 Å². The summed E-state index contributed by atoms with van der Waals surface area (Å²) in [6, 6.07) is 4.88. The highest BCUT2D eigenvalue weighted by Crippen LogP contribution is 2.36. The second-order valence-corrected chi connectivity index (χ2v) is 5.02. The molecule has 3 nitrogen and oxygen atoms in total. The Morgan fingerprint density at radius 2 is 2.18 bits per heavy atom. The van der Waals surface area contributed by atoms with Gasteiger partial charge in [-0.1, -0.05) is 13.8 Å².